The van der Waals surface area contributed by atoms with Gasteiger partial charge in [-0.25, -0.2) is 0 Å². The van der Waals surface area contributed by atoms with Crippen LogP contribution in [0.5, 0.6) is 5.75 Å². The molecule has 21 heavy (non-hydrogen) atoms. The van der Waals surface area contributed by atoms with Crippen molar-refractivity contribution in [1.29, 1.82) is 0 Å². The molecule has 1 aromatic rings. The molecule has 0 heterocycles. The van der Waals surface area contributed by atoms with E-state index < -0.39 is 0 Å². The minimum absolute atomic E-state index is 0.431. The van der Waals surface area contributed by atoms with E-state index in [0.717, 1.165) is 22.7 Å². The lowest BCUT2D eigenvalue weighted by molar-refractivity contribution is 0.147. The lowest BCUT2D eigenvalue weighted by atomic mass is 9.69. The number of benzene rings is 1. The number of aryl methyl sites for hydroxylation is 1. The van der Waals surface area contributed by atoms with Crippen LogP contribution < -0.4 is 5.32 Å². The predicted molar refractivity (Wildman–Crippen MR) is 91.0 cm³/mol. The maximum atomic E-state index is 10.1. The molecule has 0 atom stereocenters. The summed E-state index contributed by atoms with van der Waals surface area (Å²) < 4.78 is 0. The van der Waals surface area contributed by atoms with Crippen molar-refractivity contribution in [3.05, 3.63) is 23.3 Å². The van der Waals surface area contributed by atoms with Gasteiger partial charge in [-0.2, -0.15) is 0 Å². The average molecular weight is 289 g/mol. The third-order valence-electron chi connectivity index (χ3n) is 5.74. The van der Waals surface area contributed by atoms with Crippen molar-refractivity contribution in [2.45, 2.75) is 72.8 Å². The van der Waals surface area contributed by atoms with Gasteiger partial charge in [-0.05, 0) is 62.5 Å². The first-order chi connectivity index (χ1) is 9.85. The number of phenolic OH excluding ortho intramolecular Hbond substituents is 1. The number of rotatable bonds is 4. The number of anilines is 1. The molecular formula is C19H31NO. The van der Waals surface area contributed by atoms with Gasteiger partial charge >= 0.3 is 0 Å². The molecule has 1 aliphatic rings. The standard InChI is InChI=1S/C19H31NO/c1-6-19(4,5)15-8-10-16(11-9-15)20-17-12-7-13(2)18(21)14(17)3/h7,12,15-16,20-21H,6,8-11H2,1-5H3. The highest BCUT2D eigenvalue weighted by molar-refractivity contribution is 5.59. The van der Waals surface area contributed by atoms with E-state index in [2.05, 4.69) is 32.2 Å². The van der Waals surface area contributed by atoms with E-state index in [1.165, 1.54) is 32.1 Å². The van der Waals surface area contributed by atoms with Crippen LogP contribution >= 0.6 is 0 Å². The van der Waals surface area contributed by atoms with Gasteiger partial charge in [0.1, 0.15) is 5.75 Å². The van der Waals surface area contributed by atoms with Crippen molar-refractivity contribution < 1.29 is 5.11 Å². The summed E-state index contributed by atoms with van der Waals surface area (Å²) in [5.41, 5.74) is 3.50. The smallest absolute Gasteiger partial charge is 0.123 e. The van der Waals surface area contributed by atoms with Gasteiger partial charge in [0.25, 0.3) is 0 Å². The Morgan fingerprint density at radius 1 is 1.14 bits per heavy atom. The van der Waals surface area contributed by atoms with Crippen molar-refractivity contribution >= 4 is 5.69 Å². The second-order valence-electron chi connectivity index (χ2n) is 7.44. The van der Waals surface area contributed by atoms with Gasteiger partial charge in [0, 0.05) is 17.3 Å². The maximum absolute atomic E-state index is 10.1. The summed E-state index contributed by atoms with van der Waals surface area (Å²) >= 11 is 0. The molecule has 118 valence electrons. The van der Waals surface area contributed by atoms with Crippen LogP contribution in [0, 0.1) is 25.2 Å². The first kappa shape index (κ1) is 16.2. The summed E-state index contributed by atoms with van der Waals surface area (Å²) in [4.78, 5) is 0. The third kappa shape index (κ3) is 3.53. The number of aromatic hydroxyl groups is 1. The average Bonchev–Trinajstić information content (AvgIpc) is 2.48. The Bertz CT molecular complexity index is 485. The minimum atomic E-state index is 0.431. The molecule has 2 rings (SSSR count). The van der Waals surface area contributed by atoms with Crippen LogP contribution in [0.2, 0.25) is 0 Å². The van der Waals surface area contributed by atoms with Crippen molar-refractivity contribution in [3.63, 3.8) is 0 Å². The van der Waals surface area contributed by atoms with E-state index in [9.17, 15) is 5.11 Å². The Kier molecular flexibility index (Phi) is 4.85. The number of nitrogens with one attached hydrogen (secondary N) is 1. The lowest BCUT2D eigenvalue weighted by Gasteiger charge is -2.39. The second-order valence-corrected chi connectivity index (χ2v) is 7.44. The molecule has 2 heteroatoms. The van der Waals surface area contributed by atoms with Gasteiger partial charge in [0.2, 0.25) is 0 Å². The Balaban J connectivity index is 1.97. The quantitative estimate of drug-likeness (QED) is 0.776. The van der Waals surface area contributed by atoms with Gasteiger partial charge in [0.15, 0.2) is 0 Å². The molecule has 1 saturated carbocycles. The lowest BCUT2D eigenvalue weighted by Crippen LogP contribution is -2.32. The Labute approximate surface area is 130 Å². The predicted octanol–water partition coefficient (Wildman–Crippen LogP) is 5.42. The summed E-state index contributed by atoms with van der Waals surface area (Å²) in [7, 11) is 0. The topological polar surface area (TPSA) is 32.3 Å². The number of hydrogen-bond donors (Lipinski definition) is 2. The zero-order valence-corrected chi connectivity index (χ0v) is 14.3. The molecule has 0 spiro atoms. The van der Waals surface area contributed by atoms with Crippen LogP contribution in [-0.4, -0.2) is 11.1 Å². The molecule has 2 N–H and O–H groups in total. The van der Waals surface area contributed by atoms with Gasteiger partial charge in [0.05, 0.1) is 0 Å². The van der Waals surface area contributed by atoms with Crippen LogP contribution in [0.4, 0.5) is 5.69 Å². The Morgan fingerprint density at radius 2 is 1.76 bits per heavy atom. The highest BCUT2D eigenvalue weighted by Crippen LogP contribution is 2.41. The van der Waals surface area contributed by atoms with E-state index in [1.807, 2.05) is 19.9 Å². The van der Waals surface area contributed by atoms with E-state index in [0.29, 0.717) is 17.2 Å². The van der Waals surface area contributed by atoms with Crippen LogP contribution in [0.3, 0.4) is 0 Å². The molecule has 1 aliphatic carbocycles. The molecule has 0 radical (unpaired) electrons. The van der Waals surface area contributed by atoms with Gasteiger partial charge < -0.3 is 10.4 Å². The Morgan fingerprint density at radius 3 is 2.33 bits per heavy atom. The van der Waals surface area contributed by atoms with Crippen LogP contribution in [0.15, 0.2) is 12.1 Å². The van der Waals surface area contributed by atoms with Crippen LogP contribution in [0.25, 0.3) is 0 Å². The first-order valence-corrected chi connectivity index (χ1v) is 8.41. The molecule has 0 unspecified atom stereocenters. The highest BCUT2D eigenvalue weighted by Gasteiger charge is 2.31. The summed E-state index contributed by atoms with van der Waals surface area (Å²) in [6.07, 6.45) is 6.37. The van der Waals surface area contributed by atoms with Gasteiger partial charge in [-0.3, -0.25) is 0 Å². The highest BCUT2D eigenvalue weighted by atomic mass is 16.3. The van der Waals surface area contributed by atoms with E-state index in [4.69, 9.17) is 0 Å². The van der Waals surface area contributed by atoms with Crippen LogP contribution in [0.1, 0.15) is 64.0 Å². The fourth-order valence-electron chi connectivity index (χ4n) is 3.52. The normalized spacial score (nSPS) is 23.1. The monoisotopic (exact) mass is 289 g/mol. The Hall–Kier alpha value is -1.18. The van der Waals surface area contributed by atoms with Crippen molar-refractivity contribution in [2.75, 3.05) is 5.32 Å². The molecule has 2 nitrogen and oxygen atoms in total. The van der Waals surface area contributed by atoms with Gasteiger partial charge in [-0.1, -0.05) is 33.3 Å². The molecule has 0 saturated heterocycles. The summed E-state index contributed by atoms with van der Waals surface area (Å²) in [5, 5.41) is 13.7. The largest absolute Gasteiger partial charge is 0.507 e. The molecule has 1 fully saturated rings. The zero-order chi connectivity index (χ0) is 15.6. The van der Waals surface area contributed by atoms with E-state index >= 15 is 0 Å². The fourth-order valence-corrected chi connectivity index (χ4v) is 3.52. The molecule has 0 amide bonds. The van der Waals surface area contributed by atoms with Crippen LogP contribution in [-0.2, 0) is 0 Å². The van der Waals surface area contributed by atoms with Gasteiger partial charge in [-0.15, -0.1) is 0 Å². The third-order valence-corrected chi connectivity index (χ3v) is 5.74. The summed E-state index contributed by atoms with van der Waals surface area (Å²) in [6.45, 7) is 11.1. The van der Waals surface area contributed by atoms with E-state index in [1.54, 1.807) is 0 Å². The van der Waals surface area contributed by atoms with Crippen molar-refractivity contribution in [3.8, 4) is 5.75 Å². The van der Waals surface area contributed by atoms with E-state index in [-0.39, 0.29) is 0 Å². The maximum Gasteiger partial charge on any atom is 0.123 e. The van der Waals surface area contributed by atoms with Crippen molar-refractivity contribution in [2.24, 2.45) is 11.3 Å². The first-order valence-electron chi connectivity index (χ1n) is 8.41. The fraction of sp³-hybridized carbons (Fsp3) is 0.684. The zero-order valence-electron chi connectivity index (χ0n) is 14.3. The number of phenols is 1. The second kappa shape index (κ2) is 6.29. The molecule has 0 aliphatic heterocycles. The molecule has 1 aromatic carbocycles. The molecule has 0 bridgehead atoms. The summed E-state index contributed by atoms with van der Waals surface area (Å²) in [6, 6.07) is 4.65. The summed E-state index contributed by atoms with van der Waals surface area (Å²) in [5.74, 6) is 1.29. The SMILES string of the molecule is CCC(C)(C)C1CCC(Nc2ccc(C)c(O)c2C)CC1. The molecular weight excluding hydrogens is 258 g/mol. The molecule has 0 aromatic heterocycles. The minimum Gasteiger partial charge on any atom is -0.507 e. The number of hydrogen-bond acceptors (Lipinski definition) is 2. The van der Waals surface area contributed by atoms with Crippen molar-refractivity contribution in [1.82, 2.24) is 0 Å².